The monoisotopic (exact) mass is 319 g/mol. The average molecular weight is 319 g/mol. The fourth-order valence-electron chi connectivity index (χ4n) is 3.33. The quantitative estimate of drug-likeness (QED) is 0.918. The first kappa shape index (κ1) is 17.8. The number of nitrogens with zero attached hydrogens (tertiary/aromatic N) is 1. The maximum atomic E-state index is 11.5. The molecule has 1 atom stereocenters. The molecule has 1 aliphatic heterocycles. The summed E-state index contributed by atoms with van der Waals surface area (Å²) in [6.07, 6.45) is 2.82. The average Bonchev–Trinajstić information content (AvgIpc) is 2.48. The first-order valence-electron chi connectivity index (χ1n) is 8.39. The molecule has 0 saturated carbocycles. The van der Waals surface area contributed by atoms with Crippen molar-refractivity contribution in [3.8, 4) is 5.75 Å². The largest absolute Gasteiger partial charge is 0.496 e. The lowest BCUT2D eigenvalue weighted by atomic mass is 9.84. The van der Waals surface area contributed by atoms with Crippen molar-refractivity contribution in [1.82, 2.24) is 4.90 Å². The van der Waals surface area contributed by atoms with Crippen molar-refractivity contribution in [3.05, 3.63) is 28.8 Å². The molecule has 1 saturated heterocycles. The van der Waals surface area contributed by atoms with Crippen LogP contribution in [-0.2, 0) is 16.8 Å². The predicted molar refractivity (Wildman–Crippen MR) is 92.1 cm³/mol. The third-order valence-electron chi connectivity index (χ3n) is 4.74. The van der Waals surface area contributed by atoms with Gasteiger partial charge >= 0.3 is 5.97 Å². The van der Waals surface area contributed by atoms with Gasteiger partial charge in [-0.25, -0.2) is 0 Å². The second kappa shape index (κ2) is 6.91. The van der Waals surface area contributed by atoms with E-state index in [1.165, 1.54) is 11.1 Å². The van der Waals surface area contributed by atoms with Crippen molar-refractivity contribution in [2.45, 2.75) is 65.0 Å². The number of piperidine rings is 1. The third-order valence-corrected chi connectivity index (χ3v) is 4.74. The van der Waals surface area contributed by atoms with Crippen LogP contribution >= 0.6 is 0 Å². The molecule has 2 rings (SSSR count). The molecule has 1 fully saturated rings. The van der Waals surface area contributed by atoms with Crippen LogP contribution in [0.2, 0.25) is 0 Å². The van der Waals surface area contributed by atoms with Gasteiger partial charge in [0.25, 0.3) is 0 Å². The number of ether oxygens (including phenoxy) is 1. The first-order chi connectivity index (χ1) is 10.7. The molecule has 4 nitrogen and oxygen atoms in total. The summed E-state index contributed by atoms with van der Waals surface area (Å²) >= 11 is 0. The second-order valence-corrected chi connectivity index (χ2v) is 7.55. The van der Waals surface area contributed by atoms with E-state index < -0.39 is 5.97 Å². The van der Waals surface area contributed by atoms with Gasteiger partial charge in [-0.1, -0.05) is 33.3 Å². The number of carboxylic acid groups (broad SMARTS) is 1. The maximum Gasteiger partial charge on any atom is 0.320 e. The van der Waals surface area contributed by atoms with E-state index in [2.05, 4.69) is 44.7 Å². The lowest BCUT2D eigenvalue weighted by molar-refractivity contribution is -0.144. The normalized spacial score (nSPS) is 19.6. The Morgan fingerprint density at radius 3 is 2.61 bits per heavy atom. The van der Waals surface area contributed by atoms with Crippen LogP contribution in [0.3, 0.4) is 0 Å². The molecule has 0 aliphatic carbocycles. The zero-order valence-corrected chi connectivity index (χ0v) is 15.0. The molecule has 128 valence electrons. The number of likely N-dealkylation sites (tertiary alicyclic amines) is 1. The van der Waals surface area contributed by atoms with Crippen LogP contribution in [0.25, 0.3) is 0 Å². The Morgan fingerprint density at radius 2 is 2.04 bits per heavy atom. The second-order valence-electron chi connectivity index (χ2n) is 7.55. The van der Waals surface area contributed by atoms with E-state index in [9.17, 15) is 9.90 Å². The van der Waals surface area contributed by atoms with Gasteiger partial charge in [-0.05, 0) is 54.5 Å². The van der Waals surface area contributed by atoms with Gasteiger partial charge < -0.3 is 9.84 Å². The molecule has 0 radical (unpaired) electrons. The molecule has 1 aromatic rings. The number of methoxy groups -OCH3 is 1. The highest BCUT2D eigenvalue weighted by atomic mass is 16.5. The number of rotatable bonds is 4. The molecule has 1 unspecified atom stereocenters. The summed E-state index contributed by atoms with van der Waals surface area (Å²) < 4.78 is 5.55. The van der Waals surface area contributed by atoms with Crippen LogP contribution in [0.4, 0.5) is 0 Å². The SMILES string of the molecule is COc1cc(C)c(CN2CCCCC2C(=O)O)cc1C(C)(C)C. The van der Waals surface area contributed by atoms with Crippen molar-refractivity contribution in [3.63, 3.8) is 0 Å². The van der Waals surface area contributed by atoms with Gasteiger partial charge in [-0.3, -0.25) is 9.69 Å². The fourth-order valence-corrected chi connectivity index (χ4v) is 3.33. The van der Waals surface area contributed by atoms with Gasteiger partial charge in [0.1, 0.15) is 11.8 Å². The lowest BCUT2D eigenvalue weighted by Gasteiger charge is -2.34. The van der Waals surface area contributed by atoms with Crippen LogP contribution in [0, 0.1) is 6.92 Å². The summed E-state index contributed by atoms with van der Waals surface area (Å²) in [6.45, 7) is 10.1. The molecule has 1 heterocycles. The van der Waals surface area contributed by atoms with Crippen LogP contribution in [-0.4, -0.2) is 35.7 Å². The van der Waals surface area contributed by atoms with Crippen molar-refractivity contribution in [1.29, 1.82) is 0 Å². The zero-order valence-electron chi connectivity index (χ0n) is 15.0. The highest BCUT2D eigenvalue weighted by Crippen LogP contribution is 2.34. The van der Waals surface area contributed by atoms with Crippen molar-refractivity contribution >= 4 is 5.97 Å². The van der Waals surface area contributed by atoms with Crippen LogP contribution in [0.15, 0.2) is 12.1 Å². The topological polar surface area (TPSA) is 49.8 Å². The zero-order chi connectivity index (χ0) is 17.2. The number of benzene rings is 1. The number of hydrogen-bond acceptors (Lipinski definition) is 3. The molecule has 0 amide bonds. The van der Waals surface area contributed by atoms with Crippen molar-refractivity contribution in [2.75, 3.05) is 13.7 Å². The molecule has 0 spiro atoms. The Hall–Kier alpha value is -1.55. The minimum Gasteiger partial charge on any atom is -0.496 e. The summed E-state index contributed by atoms with van der Waals surface area (Å²) in [5.74, 6) is 0.207. The fraction of sp³-hybridized carbons (Fsp3) is 0.632. The summed E-state index contributed by atoms with van der Waals surface area (Å²) in [5, 5.41) is 9.46. The number of carbonyl (C=O) groups is 1. The van der Waals surface area contributed by atoms with Crippen LogP contribution < -0.4 is 4.74 Å². The highest BCUT2D eigenvalue weighted by molar-refractivity contribution is 5.73. The number of hydrogen-bond donors (Lipinski definition) is 1. The molecule has 4 heteroatoms. The highest BCUT2D eigenvalue weighted by Gasteiger charge is 2.29. The molecule has 23 heavy (non-hydrogen) atoms. The summed E-state index contributed by atoms with van der Waals surface area (Å²) in [6, 6.07) is 3.92. The lowest BCUT2D eigenvalue weighted by Crippen LogP contribution is -2.44. The molecule has 0 bridgehead atoms. The Labute approximate surface area is 139 Å². The molecule has 1 aliphatic rings. The standard InChI is InChI=1S/C19H29NO3/c1-13-10-17(23-5)15(19(2,3)4)11-14(13)12-20-9-7-6-8-16(20)18(21)22/h10-11,16H,6-9,12H2,1-5H3,(H,21,22). The first-order valence-corrected chi connectivity index (χ1v) is 8.39. The van der Waals surface area contributed by atoms with Gasteiger partial charge in [-0.15, -0.1) is 0 Å². The predicted octanol–water partition coefficient (Wildman–Crippen LogP) is 3.74. The molecule has 0 aromatic heterocycles. The number of aryl methyl sites for hydroxylation is 1. The van der Waals surface area contributed by atoms with E-state index in [0.717, 1.165) is 37.1 Å². The number of aliphatic carboxylic acids is 1. The van der Waals surface area contributed by atoms with E-state index in [-0.39, 0.29) is 11.5 Å². The van der Waals surface area contributed by atoms with Gasteiger partial charge in [0.05, 0.1) is 7.11 Å². The smallest absolute Gasteiger partial charge is 0.320 e. The summed E-state index contributed by atoms with van der Waals surface area (Å²) in [5.41, 5.74) is 3.51. The van der Waals surface area contributed by atoms with E-state index in [4.69, 9.17) is 4.74 Å². The van der Waals surface area contributed by atoms with E-state index in [1.54, 1.807) is 7.11 Å². The Bertz CT molecular complexity index is 575. The Morgan fingerprint density at radius 1 is 1.35 bits per heavy atom. The minimum absolute atomic E-state index is 0.0120. The molecular formula is C19H29NO3. The molecule has 1 aromatic carbocycles. The summed E-state index contributed by atoms with van der Waals surface area (Å²) in [7, 11) is 1.70. The Kier molecular flexibility index (Phi) is 5.35. The van der Waals surface area contributed by atoms with E-state index >= 15 is 0 Å². The van der Waals surface area contributed by atoms with Gasteiger partial charge in [0.2, 0.25) is 0 Å². The van der Waals surface area contributed by atoms with E-state index in [1.807, 2.05) is 0 Å². The van der Waals surface area contributed by atoms with Gasteiger partial charge in [-0.2, -0.15) is 0 Å². The summed E-state index contributed by atoms with van der Waals surface area (Å²) in [4.78, 5) is 13.6. The van der Waals surface area contributed by atoms with Gasteiger partial charge in [0, 0.05) is 6.54 Å². The maximum absolute atomic E-state index is 11.5. The third kappa shape index (κ3) is 4.05. The minimum atomic E-state index is -0.702. The number of carboxylic acids is 1. The van der Waals surface area contributed by atoms with Gasteiger partial charge in [0.15, 0.2) is 0 Å². The van der Waals surface area contributed by atoms with Crippen LogP contribution in [0.1, 0.15) is 56.7 Å². The molecule has 1 N–H and O–H groups in total. The van der Waals surface area contributed by atoms with Crippen molar-refractivity contribution in [2.24, 2.45) is 0 Å². The van der Waals surface area contributed by atoms with E-state index in [0.29, 0.717) is 6.54 Å². The molecular weight excluding hydrogens is 290 g/mol. The van der Waals surface area contributed by atoms with Crippen LogP contribution in [0.5, 0.6) is 5.75 Å². The Balaban J connectivity index is 2.33. The van der Waals surface area contributed by atoms with Crippen molar-refractivity contribution < 1.29 is 14.6 Å².